The maximum absolute atomic E-state index is 12.7. The number of carbonyl (C=O) groups is 1. The fraction of sp³-hybridized carbons (Fsp3) is 0.650. The zero-order valence-corrected chi connectivity index (χ0v) is 15.4. The molecule has 1 aliphatic heterocycles. The number of hydrogen-bond acceptors (Lipinski definition) is 3. The van der Waals surface area contributed by atoms with Crippen LogP contribution in [0.2, 0.25) is 0 Å². The van der Waals surface area contributed by atoms with Gasteiger partial charge in [0.25, 0.3) is 0 Å². The summed E-state index contributed by atoms with van der Waals surface area (Å²) in [6.07, 6.45) is -1.88. The van der Waals surface area contributed by atoms with Gasteiger partial charge in [-0.15, -0.1) is 0 Å². The Kier molecular flexibility index (Phi) is 7.50. The molecular formula is C20H28F3NO2. The summed E-state index contributed by atoms with van der Waals surface area (Å²) < 4.78 is 42.6. The monoisotopic (exact) mass is 371 g/mol. The van der Waals surface area contributed by atoms with Crippen LogP contribution in [0, 0.1) is 5.41 Å². The highest BCUT2D eigenvalue weighted by molar-refractivity contribution is 5.77. The van der Waals surface area contributed by atoms with Crippen molar-refractivity contribution in [3.05, 3.63) is 35.9 Å². The third-order valence-corrected chi connectivity index (χ3v) is 5.03. The summed E-state index contributed by atoms with van der Waals surface area (Å²) in [4.78, 5) is 14.7. The Balaban J connectivity index is 2.01. The zero-order chi connectivity index (χ0) is 19.0. The molecule has 1 fully saturated rings. The van der Waals surface area contributed by atoms with Crippen LogP contribution < -0.4 is 0 Å². The van der Waals surface area contributed by atoms with E-state index in [1.165, 1.54) is 0 Å². The Morgan fingerprint density at radius 1 is 1.27 bits per heavy atom. The molecule has 0 spiro atoms. The molecule has 0 aromatic heterocycles. The number of benzene rings is 1. The van der Waals surface area contributed by atoms with E-state index in [0.717, 1.165) is 31.4 Å². The van der Waals surface area contributed by atoms with E-state index in [0.29, 0.717) is 26.1 Å². The van der Waals surface area contributed by atoms with Gasteiger partial charge in [0.1, 0.15) is 0 Å². The number of piperidine rings is 1. The molecule has 3 nitrogen and oxygen atoms in total. The Labute approximate surface area is 153 Å². The minimum Gasteiger partial charge on any atom is -0.466 e. The van der Waals surface area contributed by atoms with Crippen LogP contribution in [0.1, 0.15) is 44.6 Å². The summed E-state index contributed by atoms with van der Waals surface area (Å²) >= 11 is 0. The normalized spacial score (nSPS) is 21.5. The molecule has 0 N–H and O–H groups in total. The molecule has 0 bridgehead atoms. The van der Waals surface area contributed by atoms with Gasteiger partial charge in [0, 0.05) is 13.0 Å². The highest BCUT2D eigenvalue weighted by atomic mass is 19.4. The van der Waals surface area contributed by atoms with E-state index in [1.54, 1.807) is 6.92 Å². The van der Waals surface area contributed by atoms with Crippen LogP contribution >= 0.6 is 0 Å². The van der Waals surface area contributed by atoms with Gasteiger partial charge in [-0.25, -0.2) is 0 Å². The Bertz CT molecular complexity index is 562. The first kappa shape index (κ1) is 20.7. The number of halogens is 3. The van der Waals surface area contributed by atoms with Crippen molar-refractivity contribution in [3.63, 3.8) is 0 Å². The van der Waals surface area contributed by atoms with E-state index in [4.69, 9.17) is 4.74 Å². The molecule has 1 heterocycles. The molecule has 0 unspecified atom stereocenters. The second-order valence-electron chi connectivity index (χ2n) is 7.08. The molecule has 0 radical (unpaired) electrons. The Morgan fingerprint density at radius 2 is 2.00 bits per heavy atom. The maximum Gasteiger partial charge on any atom is 0.389 e. The number of ether oxygens (including phenoxy) is 1. The highest BCUT2D eigenvalue weighted by Crippen LogP contribution is 2.36. The molecule has 1 aromatic carbocycles. The number of carbonyl (C=O) groups excluding carboxylic acids is 1. The van der Waals surface area contributed by atoms with Crippen LogP contribution in [0.25, 0.3) is 0 Å². The first-order valence-corrected chi connectivity index (χ1v) is 9.35. The average Bonchev–Trinajstić information content (AvgIpc) is 2.60. The SMILES string of the molecule is CCOC(=O)[C@@]1(CCc2ccccc2)CCCN(CCCC(F)(F)F)C1. The van der Waals surface area contributed by atoms with Crippen molar-refractivity contribution in [1.29, 1.82) is 0 Å². The van der Waals surface area contributed by atoms with Gasteiger partial charge in [0.15, 0.2) is 0 Å². The summed E-state index contributed by atoms with van der Waals surface area (Å²) in [6.45, 7) is 3.69. The number of rotatable bonds is 8. The van der Waals surface area contributed by atoms with Gasteiger partial charge >= 0.3 is 12.1 Å². The lowest BCUT2D eigenvalue weighted by atomic mass is 9.75. The van der Waals surface area contributed by atoms with Crippen LogP contribution in [0.4, 0.5) is 13.2 Å². The van der Waals surface area contributed by atoms with Crippen LogP contribution in [0.5, 0.6) is 0 Å². The molecule has 2 rings (SSSR count). The van der Waals surface area contributed by atoms with E-state index < -0.39 is 18.0 Å². The van der Waals surface area contributed by atoms with Gasteiger partial charge in [-0.05, 0) is 57.7 Å². The summed E-state index contributed by atoms with van der Waals surface area (Å²) in [6, 6.07) is 9.95. The smallest absolute Gasteiger partial charge is 0.389 e. The van der Waals surface area contributed by atoms with Crippen molar-refractivity contribution in [2.75, 3.05) is 26.2 Å². The molecule has 1 aliphatic rings. The lowest BCUT2D eigenvalue weighted by Gasteiger charge is -2.41. The van der Waals surface area contributed by atoms with Crippen molar-refractivity contribution in [1.82, 2.24) is 4.90 Å². The van der Waals surface area contributed by atoms with Gasteiger partial charge in [0.05, 0.1) is 12.0 Å². The molecule has 1 atom stereocenters. The molecule has 6 heteroatoms. The second-order valence-corrected chi connectivity index (χ2v) is 7.08. The first-order chi connectivity index (χ1) is 12.3. The maximum atomic E-state index is 12.7. The summed E-state index contributed by atoms with van der Waals surface area (Å²) in [7, 11) is 0. The fourth-order valence-electron chi connectivity index (χ4n) is 3.71. The van der Waals surface area contributed by atoms with Crippen LogP contribution in [0.15, 0.2) is 30.3 Å². The number of aryl methyl sites for hydroxylation is 1. The molecule has 26 heavy (non-hydrogen) atoms. The standard InChI is InChI=1S/C20H28F3NO2/c1-2-26-18(25)19(13-10-17-8-4-3-5-9-17)11-6-14-24(16-19)15-7-12-20(21,22)23/h3-5,8-9H,2,6-7,10-16H2,1H3/t19-/m1/s1. The van der Waals surface area contributed by atoms with Crippen LogP contribution in [-0.4, -0.2) is 43.3 Å². The minimum absolute atomic E-state index is 0.0705. The van der Waals surface area contributed by atoms with E-state index in [1.807, 2.05) is 35.2 Å². The van der Waals surface area contributed by atoms with Crippen LogP contribution in [-0.2, 0) is 16.0 Å². The minimum atomic E-state index is -4.12. The van der Waals surface area contributed by atoms with Crippen molar-refractivity contribution >= 4 is 5.97 Å². The zero-order valence-electron chi connectivity index (χ0n) is 15.4. The van der Waals surface area contributed by atoms with Crippen molar-refractivity contribution < 1.29 is 22.7 Å². The van der Waals surface area contributed by atoms with Gasteiger partial charge < -0.3 is 9.64 Å². The lowest BCUT2D eigenvalue weighted by molar-refractivity contribution is -0.160. The quantitative estimate of drug-likeness (QED) is 0.625. The van der Waals surface area contributed by atoms with E-state index in [-0.39, 0.29) is 12.4 Å². The lowest BCUT2D eigenvalue weighted by Crippen LogP contribution is -2.49. The summed E-state index contributed by atoms with van der Waals surface area (Å²) in [5.41, 5.74) is 0.535. The second kappa shape index (κ2) is 9.40. The van der Waals surface area contributed by atoms with E-state index in [9.17, 15) is 18.0 Å². The Hall–Kier alpha value is -1.56. The van der Waals surface area contributed by atoms with Gasteiger partial charge in [-0.1, -0.05) is 30.3 Å². The largest absolute Gasteiger partial charge is 0.466 e. The molecule has 146 valence electrons. The van der Waals surface area contributed by atoms with Crippen molar-refractivity contribution in [3.8, 4) is 0 Å². The molecule has 1 aromatic rings. The topological polar surface area (TPSA) is 29.5 Å². The molecule has 0 saturated carbocycles. The molecular weight excluding hydrogens is 343 g/mol. The van der Waals surface area contributed by atoms with Crippen molar-refractivity contribution in [2.45, 2.75) is 51.6 Å². The fourth-order valence-corrected chi connectivity index (χ4v) is 3.71. The predicted molar refractivity (Wildman–Crippen MR) is 94.8 cm³/mol. The van der Waals surface area contributed by atoms with Crippen LogP contribution in [0.3, 0.4) is 0 Å². The summed E-state index contributed by atoms with van der Waals surface area (Å²) in [5, 5.41) is 0. The molecule has 0 amide bonds. The van der Waals surface area contributed by atoms with E-state index >= 15 is 0 Å². The average molecular weight is 371 g/mol. The third-order valence-electron chi connectivity index (χ3n) is 5.03. The summed E-state index contributed by atoms with van der Waals surface area (Å²) in [5.74, 6) is -0.212. The number of hydrogen-bond donors (Lipinski definition) is 0. The number of likely N-dealkylation sites (tertiary alicyclic amines) is 1. The van der Waals surface area contributed by atoms with Gasteiger partial charge in [0.2, 0.25) is 0 Å². The van der Waals surface area contributed by atoms with Gasteiger partial charge in [-0.3, -0.25) is 4.79 Å². The highest BCUT2D eigenvalue weighted by Gasteiger charge is 2.43. The Morgan fingerprint density at radius 3 is 2.65 bits per heavy atom. The van der Waals surface area contributed by atoms with Gasteiger partial charge in [-0.2, -0.15) is 13.2 Å². The van der Waals surface area contributed by atoms with Crippen molar-refractivity contribution in [2.24, 2.45) is 5.41 Å². The molecule has 0 aliphatic carbocycles. The molecule has 1 saturated heterocycles. The van der Waals surface area contributed by atoms with E-state index in [2.05, 4.69) is 0 Å². The first-order valence-electron chi connectivity index (χ1n) is 9.35. The number of alkyl halides is 3. The number of nitrogens with zero attached hydrogens (tertiary/aromatic N) is 1. The predicted octanol–water partition coefficient (Wildman–Crippen LogP) is 4.61. The third kappa shape index (κ3) is 6.31. The number of esters is 1.